The van der Waals surface area contributed by atoms with Crippen molar-refractivity contribution in [3.05, 3.63) is 0 Å². The van der Waals surface area contributed by atoms with Gasteiger partial charge in [-0.25, -0.2) is 0 Å². The van der Waals surface area contributed by atoms with Crippen LogP contribution in [0.4, 0.5) is 0 Å². The summed E-state index contributed by atoms with van der Waals surface area (Å²) in [5.74, 6) is 0.765. The molecule has 4 nitrogen and oxygen atoms in total. The van der Waals surface area contributed by atoms with Crippen LogP contribution in [-0.4, -0.2) is 49.7 Å². The highest BCUT2D eigenvalue weighted by molar-refractivity contribution is 5.71. The van der Waals surface area contributed by atoms with Crippen LogP contribution in [0.2, 0.25) is 0 Å². The summed E-state index contributed by atoms with van der Waals surface area (Å²) >= 11 is 0. The summed E-state index contributed by atoms with van der Waals surface area (Å²) in [6.45, 7) is 6.45. The van der Waals surface area contributed by atoms with Crippen molar-refractivity contribution in [3.8, 4) is 0 Å². The van der Waals surface area contributed by atoms with Gasteiger partial charge in [0.2, 0.25) is 0 Å². The number of nitrogens with one attached hydrogen (secondary N) is 1. The van der Waals surface area contributed by atoms with Crippen molar-refractivity contribution >= 4 is 5.97 Å². The van der Waals surface area contributed by atoms with E-state index in [9.17, 15) is 4.79 Å². The Hall–Kier alpha value is -0.610. The summed E-state index contributed by atoms with van der Waals surface area (Å²) in [5.41, 5.74) is 0. The molecule has 0 aromatic rings. The minimum atomic E-state index is -0.0501. The van der Waals surface area contributed by atoms with E-state index in [4.69, 9.17) is 4.74 Å². The highest BCUT2D eigenvalue weighted by Crippen LogP contribution is 2.25. The molecule has 110 valence electrons. The number of unbranched alkanes of at least 4 members (excludes halogenated alkanes) is 1. The van der Waals surface area contributed by atoms with Gasteiger partial charge in [0.15, 0.2) is 0 Å². The molecule has 0 bridgehead atoms. The average molecular weight is 268 g/mol. The molecule has 2 saturated heterocycles. The zero-order chi connectivity index (χ0) is 13.5. The Balaban J connectivity index is 1.61. The smallest absolute Gasteiger partial charge is 0.320 e. The van der Waals surface area contributed by atoms with Crippen molar-refractivity contribution in [1.29, 1.82) is 0 Å². The molecule has 1 unspecified atom stereocenters. The van der Waals surface area contributed by atoms with E-state index < -0.39 is 0 Å². The lowest BCUT2D eigenvalue weighted by Gasteiger charge is -2.34. The van der Waals surface area contributed by atoms with Gasteiger partial charge in [0.1, 0.15) is 0 Å². The number of rotatable bonds is 6. The summed E-state index contributed by atoms with van der Waals surface area (Å²) in [7, 11) is 0. The maximum Gasteiger partial charge on any atom is 0.320 e. The molecule has 19 heavy (non-hydrogen) atoms. The van der Waals surface area contributed by atoms with Gasteiger partial charge in [0.05, 0.1) is 13.2 Å². The van der Waals surface area contributed by atoms with Gasteiger partial charge >= 0.3 is 5.97 Å². The van der Waals surface area contributed by atoms with Crippen LogP contribution in [0.15, 0.2) is 0 Å². The molecular weight excluding hydrogens is 240 g/mol. The van der Waals surface area contributed by atoms with Crippen LogP contribution in [0.25, 0.3) is 0 Å². The minimum absolute atomic E-state index is 0.0501. The van der Waals surface area contributed by atoms with E-state index >= 15 is 0 Å². The van der Waals surface area contributed by atoms with E-state index in [2.05, 4.69) is 17.1 Å². The fraction of sp³-hybridized carbons (Fsp3) is 0.933. The van der Waals surface area contributed by atoms with Crippen LogP contribution in [0, 0.1) is 5.92 Å². The first-order valence-corrected chi connectivity index (χ1v) is 7.91. The van der Waals surface area contributed by atoms with Crippen molar-refractivity contribution < 1.29 is 9.53 Å². The van der Waals surface area contributed by atoms with E-state index in [1.54, 1.807) is 0 Å². The third kappa shape index (κ3) is 4.77. The van der Waals surface area contributed by atoms with Gasteiger partial charge in [-0.3, -0.25) is 9.69 Å². The Morgan fingerprint density at radius 3 is 2.74 bits per heavy atom. The fourth-order valence-corrected chi connectivity index (χ4v) is 3.19. The van der Waals surface area contributed by atoms with Crippen molar-refractivity contribution in [2.24, 2.45) is 5.92 Å². The number of nitrogens with zero attached hydrogens (tertiary/aromatic N) is 1. The number of piperidine rings is 1. The molecule has 2 aliphatic heterocycles. The van der Waals surface area contributed by atoms with Crippen molar-refractivity contribution in [2.75, 3.05) is 32.8 Å². The van der Waals surface area contributed by atoms with Crippen LogP contribution in [0.1, 0.15) is 45.4 Å². The molecule has 0 aromatic carbocycles. The molecule has 0 aromatic heterocycles. The first-order chi connectivity index (χ1) is 9.29. The van der Waals surface area contributed by atoms with Crippen LogP contribution >= 0.6 is 0 Å². The highest BCUT2D eigenvalue weighted by atomic mass is 16.5. The summed E-state index contributed by atoms with van der Waals surface area (Å²) in [6, 6.07) is 0.735. The largest absolute Gasteiger partial charge is 0.465 e. The van der Waals surface area contributed by atoms with Gasteiger partial charge in [-0.1, -0.05) is 13.3 Å². The fourth-order valence-electron chi connectivity index (χ4n) is 3.19. The number of carbonyl (C=O) groups excluding carboxylic acids is 1. The number of likely N-dealkylation sites (tertiary alicyclic amines) is 1. The standard InChI is InChI=1S/C15H28N2O2/c1-2-3-11-19-15(18)12-17-9-6-13(7-10-17)14-5-4-8-16-14/h13-14,16H,2-12H2,1H3. The number of esters is 1. The van der Waals surface area contributed by atoms with Crippen LogP contribution < -0.4 is 5.32 Å². The minimum Gasteiger partial charge on any atom is -0.465 e. The molecule has 0 spiro atoms. The lowest BCUT2D eigenvalue weighted by molar-refractivity contribution is -0.145. The van der Waals surface area contributed by atoms with Gasteiger partial charge in [-0.2, -0.15) is 0 Å². The van der Waals surface area contributed by atoms with Gasteiger partial charge in [0.25, 0.3) is 0 Å². The second-order valence-corrected chi connectivity index (χ2v) is 5.89. The van der Waals surface area contributed by atoms with E-state index in [1.165, 1.54) is 32.2 Å². The van der Waals surface area contributed by atoms with Crippen LogP contribution in [0.5, 0.6) is 0 Å². The van der Waals surface area contributed by atoms with Crippen molar-refractivity contribution in [3.63, 3.8) is 0 Å². The first-order valence-electron chi connectivity index (χ1n) is 7.91. The Morgan fingerprint density at radius 1 is 1.32 bits per heavy atom. The number of carbonyl (C=O) groups is 1. The summed E-state index contributed by atoms with van der Waals surface area (Å²) in [5, 5.41) is 3.61. The Morgan fingerprint density at radius 2 is 2.11 bits per heavy atom. The van der Waals surface area contributed by atoms with Crippen molar-refractivity contribution in [1.82, 2.24) is 10.2 Å². The molecule has 1 N–H and O–H groups in total. The first kappa shape index (κ1) is 14.8. The predicted molar refractivity (Wildman–Crippen MR) is 76.1 cm³/mol. The Bertz CT molecular complexity index is 269. The normalized spacial score (nSPS) is 25.6. The van der Waals surface area contributed by atoms with Gasteiger partial charge in [-0.15, -0.1) is 0 Å². The van der Waals surface area contributed by atoms with Crippen LogP contribution in [-0.2, 0) is 9.53 Å². The zero-order valence-corrected chi connectivity index (χ0v) is 12.2. The van der Waals surface area contributed by atoms with E-state index in [-0.39, 0.29) is 5.97 Å². The maximum absolute atomic E-state index is 11.6. The lowest BCUT2D eigenvalue weighted by atomic mass is 9.88. The molecule has 2 aliphatic rings. The second kappa shape index (κ2) is 7.85. The maximum atomic E-state index is 11.6. The highest BCUT2D eigenvalue weighted by Gasteiger charge is 2.28. The summed E-state index contributed by atoms with van der Waals surface area (Å²) < 4.78 is 5.22. The van der Waals surface area contributed by atoms with E-state index in [0.29, 0.717) is 13.2 Å². The number of hydrogen-bond acceptors (Lipinski definition) is 4. The SMILES string of the molecule is CCCCOC(=O)CN1CCC(C2CCCN2)CC1. The predicted octanol–water partition coefficient (Wildman–Crippen LogP) is 1.79. The Kier molecular flexibility index (Phi) is 6.11. The molecule has 0 saturated carbocycles. The third-order valence-corrected chi connectivity index (χ3v) is 4.41. The summed E-state index contributed by atoms with van der Waals surface area (Å²) in [4.78, 5) is 13.9. The quantitative estimate of drug-likeness (QED) is 0.589. The van der Waals surface area contributed by atoms with Crippen LogP contribution in [0.3, 0.4) is 0 Å². The number of ether oxygens (including phenoxy) is 1. The zero-order valence-electron chi connectivity index (χ0n) is 12.2. The molecule has 1 atom stereocenters. The molecule has 2 rings (SSSR count). The molecule has 0 aliphatic carbocycles. The summed E-state index contributed by atoms with van der Waals surface area (Å²) in [6.07, 6.45) is 7.16. The van der Waals surface area contributed by atoms with E-state index in [0.717, 1.165) is 37.9 Å². The van der Waals surface area contributed by atoms with Crippen molar-refractivity contribution in [2.45, 2.75) is 51.5 Å². The Labute approximate surface area is 116 Å². The topological polar surface area (TPSA) is 41.6 Å². The molecule has 4 heteroatoms. The number of hydrogen-bond donors (Lipinski definition) is 1. The van der Waals surface area contributed by atoms with Gasteiger partial charge in [0, 0.05) is 6.04 Å². The lowest BCUT2D eigenvalue weighted by Crippen LogP contribution is -2.42. The average Bonchev–Trinajstić information content (AvgIpc) is 2.94. The third-order valence-electron chi connectivity index (χ3n) is 4.41. The monoisotopic (exact) mass is 268 g/mol. The van der Waals surface area contributed by atoms with Gasteiger partial charge in [-0.05, 0) is 57.7 Å². The molecular formula is C15H28N2O2. The molecule has 0 amide bonds. The molecule has 0 radical (unpaired) electrons. The molecule has 2 heterocycles. The second-order valence-electron chi connectivity index (χ2n) is 5.89. The van der Waals surface area contributed by atoms with Gasteiger partial charge < -0.3 is 10.1 Å². The molecule has 2 fully saturated rings. The van der Waals surface area contributed by atoms with E-state index in [1.807, 2.05) is 0 Å².